The molecule has 1 atom stereocenters. The van der Waals surface area contributed by atoms with Gasteiger partial charge in [-0.1, -0.05) is 18.2 Å². The highest BCUT2D eigenvalue weighted by Gasteiger charge is 2.57. The first-order chi connectivity index (χ1) is 14.9. The largest absolute Gasteiger partial charge is 0.493 e. The van der Waals surface area contributed by atoms with Gasteiger partial charge in [0.25, 0.3) is 0 Å². The lowest BCUT2D eigenvalue weighted by Crippen LogP contribution is -2.42. The van der Waals surface area contributed by atoms with E-state index in [1.54, 1.807) is 12.1 Å². The number of furan rings is 1. The lowest BCUT2D eigenvalue weighted by atomic mass is 9.76. The normalized spacial score (nSPS) is 21.1. The van der Waals surface area contributed by atoms with Crippen LogP contribution in [0.1, 0.15) is 28.2 Å². The Morgan fingerprint density at radius 2 is 1.84 bits per heavy atom. The zero-order chi connectivity index (χ0) is 21.4. The van der Waals surface area contributed by atoms with Crippen LogP contribution in [-0.4, -0.2) is 19.1 Å². The molecule has 158 valence electrons. The Morgan fingerprint density at radius 3 is 2.65 bits per heavy atom. The summed E-state index contributed by atoms with van der Waals surface area (Å²) in [7, 11) is 0. The minimum absolute atomic E-state index is 0.0639. The Kier molecular flexibility index (Phi) is 3.59. The maximum atomic E-state index is 13.8. The summed E-state index contributed by atoms with van der Waals surface area (Å²) in [5, 5.41) is 0. The van der Waals surface area contributed by atoms with Gasteiger partial charge in [-0.25, -0.2) is 0 Å². The molecule has 1 unspecified atom stereocenters. The highest BCUT2D eigenvalue weighted by atomic mass is 19.4. The van der Waals surface area contributed by atoms with Crippen molar-refractivity contribution in [2.45, 2.75) is 24.6 Å². The Balaban J connectivity index is 1.44. The summed E-state index contributed by atoms with van der Waals surface area (Å²) in [6.07, 6.45) is -3.82. The van der Waals surface area contributed by atoms with Crippen LogP contribution in [0.5, 0.6) is 11.5 Å². The van der Waals surface area contributed by atoms with E-state index >= 15 is 0 Å². The molecule has 5 nitrogen and oxygen atoms in total. The summed E-state index contributed by atoms with van der Waals surface area (Å²) >= 11 is 0. The van der Waals surface area contributed by atoms with E-state index in [1.807, 2.05) is 24.3 Å². The second kappa shape index (κ2) is 6.06. The summed E-state index contributed by atoms with van der Waals surface area (Å²) in [6, 6.07) is 13.3. The van der Waals surface area contributed by atoms with Gasteiger partial charge in [-0.2, -0.15) is 13.2 Å². The number of halogens is 3. The van der Waals surface area contributed by atoms with Gasteiger partial charge in [-0.05, 0) is 35.4 Å². The molecular formula is C23H16F3NO4. The van der Waals surface area contributed by atoms with Crippen LogP contribution in [0.15, 0.2) is 52.9 Å². The first-order valence-corrected chi connectivity index (χ1v) is 9.88. The molecule has 0 N–H and O–H groups in total. The van der Waals surface area contributed by atoms with Crippen molar-refractivity contribution in [3.05, 3.63) is 76.7 Å². The van der Waals surface area contributed by atoms with Crippen molar-refractivity contribution >= 4 is 11.6 Å². The van der Waals surface area contributed by atoms with E-state index in [0.29, 0.717) is 18.0 Å². The zero-order valence-electron chi connectivity index (χ0n) is 16.2. The third kappa shape index (κ3) is 2.47. The van der Waals surface area contributed by atoms with Crippen molar-refractivity contribution in [3.8, 4) is 11.5 Å². The second-order valence-corrected chi connectivity index (χ2v) is 7.92. The summed E-state index contributed by atoms with van der Waals surface area (Å²) in [5.74, 6) is 0.109. The number of hydrogen-bond donors (Lipinski definition) is 0. The molecule has 0 saturated heterocycles. The van der Waals surface area contributed by atoms with Crippen molar-refractivity contribution in [2.75, 3.05) is 18.1 Å². The Bertz CT molecular complexity index is 1230. The molecular weight excluding hydrogens is 411 g/mol. The van der Waals surface area contributed by atoms with Gasteiger partial charge in [-0.15, -0.1) is 0 Å². The van der Waals surface area contributed by atoms with Gasteiger partial charge >= 0.3 is 6.18 Å². The fourth-order valence-electron chi connectivity index (χ4n) is 4.78. The predicted octanol–water partition coefficient (Wildman–Crippen LogP) is 4.46. The number of alkyl halides is 3. The summed E-state index contributed by atoms with van der Waals surface area (Å²) in [5.41, 5.74) is 2.18. The van der Waals surface area contributed by atoms with Crippen LogP contribution in [0, 0.1) is 0 Å². The molecule has 0 saturated carbocycles. The predicted molar refractivity (Wildman–Crippen MR) is 103 cm³/mol. The number of rotatable bonds is 2. The van der Waals surface area contributed by atoms with Crippen LogP contribution in [0.3, 0.4) is 0 Å². The highest BCUT2D eigenvalue weighted by Crippen LogP contribution is 2.54. The number of carbonyl (C=O) groups is 1. The van der Waals surface area contributed by atoms with Crippen LogP contribution < -0.4 is 14.4 Å². The van der Waals surface area contributed by atoms with E-state index in [1.165, 1.54) is 11.0 Å². The summed E-state index contributed by atoms with van der Waals surface area (Å²) < 4.78 is 55.4. The number of hydrogen-bond acceptors (Lipinski definition) is 4. The van der Waals surface area contributed by atoms with Crippen LogP contribution in [0.4, 0.5) is 18.9 Å². The standard InChI is InChI=1S/C23H16F3NO4/c24-23(25,26)20-6-5-14(31-20)11-27-17-4-2-1-3-15(17)22(21(27)28)12-30-19-10-18-13(7-8-29-18)9-16(19)22/h1-6,9-10H,7-8,11-12H2. The average Bonchev–Trinajstić information content (AvgIpc) is 3.50. The Labute approximate surface area is 175 Å². The fourth-order valence-corrected chi connectivity index (χ4v) is 4.78. The number of benzene rings is 2. The minimum Gasteiger partial charge on any atom is -0.493 e. The SMILES string of the molecule is O=C1N(Cc2ccc(C(F)(F)F)o2)c2ccccc2C12COc1cc3c(cc12)CCO3. The lowest BCUT2D eigenvalue weighted by Gasteiger charge is -2.23. The van der Waals surface area contributed by atoms with E-state index in [0.717, 1.165) is 34.9 Å². The van der Waals surface area contributed by atoms with Gasteiger partial charge < -0.3 is 18.8 Å². The summed E-state index contributed by atoms with van der Waals surface area (Å²) in [6.45, 7) is 0.614. The van der Waals surface area contributed by atoms with Crippen molar-refractivity contribution < 1.29 is 31.9 Å². The van der Waals surface area contributed by atoms with Crippen molar-refractivity contribution in [2.24, 2.45) is 0 Å². The molecule has 8 heteroatoms. The average molecular weight is 427 g/mol. The van der Waals surface area contributed by atoms with E-state index in [2.05, 4.69) is 0 Å². The summed E-state index contributed by atoms with van der Waals surface area (Å²) in [4.78, 5) is 15.3. The quantitative estimate of drug-likeness (QED) is 0.606. The molecule has 0 bridgehead atoms. The first kappa shape index (κ1) is 18.4. The smallest absolute Gasteiger partial charge is 0.449 e. The molecule has 0 radical (unpaired) electrons. The van der Waals surface area contributed by atoms with Gasteiger partial charge in [0.05, 0.1) is 13.2 Å². The molecule has 3 aromatic rings. The van der Waals surface area contributed by atoms with Crippen LogP contribution in [0.25, 0.3) is 0 Å². The van der Waals surface area contributed by atoms with Gasteiger partial charge in [0.2, 0.25) is 11.7 Å². The Hall–Kier alpha value is -3.42. The fraction of sp³-hybridized carbons (Fsp3) is 0.261. The van der Waals surface area contributed by atoms with Crippen LogP contribution >= 0.6 is 0 Å². The number of anilines is 1. The molecule has 31 heavy (non-hydrogen) atoms. The van der Waals surface area contributed by atoms with Crippen LogP contribution in [-0.2, 0) is 29.4 Å². The maximum Gasteiger partial charge on any atom is 0.449 e. The second-order valence-electron chi connectivity index (χ2n) is 7.92. The monoisotopic (exact) mass is 427 g/mol. The molecule has 6 rings (SSSR count). The molecule has 4 heterocycles. The number of amides is 1. The van der Waals surface area contributed by atoms with Gasteiger partial charge in [0.15, 0.2) is 0 Å². The van der Waals surface area contributed by atoms with Crippen molar-refractivity contribution in [3.63, 3.8) is 0 Å². The topological polar surface area (TPSA) is 51.9 Å². The molecule has 2 aromatic carbocycles. The molecule has 3 aliphatic rings. The van der Waals surface area contributed by atoms with Gasteiger partial charge in [0.1, 0.15) is 29.3 Å². The lowest BCUT2D eigenvalue weighted by molar-refractivity contribution is -0.153. The highest BCUT2D eigenvalue weighted by molar-refractivity contribution is 6.11. The maximum absolute atomic E-state index is 13.8. The van der Waals surface area contributed by atoms with Crippen molar-refractivity contribution in [1.29, 1.82) is 0 Å². The molecule has 0 fully saturated rings. The van der Waals surface area contributed by atoms with Crippen LogP contribution in [0.2, 0.25) is 0 Å². The number of carbonyl (C=O) groups excluding carboxylic acids is 1. The van der Waals surface area contributed by atoms with E-state index in [-0.39, 0.29) is 24.8 Å². The molecule has 3 aliphatic heterocycles. The van der Waals surface area contributed by atoms with E-state index in [4.69, 9.17) is 13.9 Å². The Morgan fingerprint density at radius 1 is 1.00 bits per heavy atom. The van der Waals surface area contributed by atoms with E-state index in [9.17, 15) is 18.0 Å². The van der Waals surface area contributed by atoms with Crippen molar-refractivity contribution in [1.82, 2.24) is 0 Å². The third-order valence-corrected chi connectivity index (χ3v) is 6.22. The van der Waals surface area contributed by atoms with Gasteiger partial charge in [-0.3, -0.25) is 4.79 Å². The molecule has 1 aromatic heterocycles. The molecule has 0 aliphatic carbocycles. The molecule has 1 spiro atoms. The first-order valence-electron chi connectivity index (χ1n) is 9.88. The molecule has 1 amide bonds. The number of para-hydroxylation sites is 1. The number of ether oxygens (including phenoxy) is 2. The third-order valence-electron chi connectivity index (χ3n) is 6.22. The number of nitrogens with zero attached hydrogens (tertiary/aromatic N) is 1. The minimum atomic E-state index is -4.58. The zero-order valence-corrected chi connectivity index (χ0v) is 16.2. The number of fused-ring (bicyclic) bond motifs is 5. The van der Waals surface area contributed by atoms with E-state index < -0.39 is 17.4 Å². The van der Waals surface area contributed by atoms with Gasteiger partial charge in [0, 0.05) is 23.7 Å².